The van der Waals surface area contributed by atoms with Crippen molar-refractivity contribution >= 4 is 12.6 Å². The van der Waals surface area contributed by atoms with Gasteiger partial charge in [-0.25, -0.2) is 0 Å². The van der Waals surface area contributed by atoms with Crippen molar-refractivity contribution in [3.8, 4) is 0 Å². The fraction of sp³-hybridized carbons (Fsp3) is 0.877. The van der Waals surface area contributed by atoms with Gasteiger partial charge in [-0.3, -0.25) is 0 Å². The minimum Gasteiger partial charge on any atom is -0.393 e. The molecule has 10 nitrogen and oxygen atoms in total. The molecule has 28 atom stereocenters. The maximum atomic E-state index is 11.3. The van der Waals surface area contributed by atoms with Crippen molar-refractivity contribution in [3.05, 3.63) is 72.4 Å². The Kier molecular flexibility index (Phi) is 30.4. The van der Waals surface area contributed by atoms with Gasteiger partial charge in [-0.2, -0.15) is 0 Å². The van der Waals surface area contributed by atoms with Crippen molar-refractivity contribution in [1.29, 1.82) is 0 Å². The Bertz CT molecular complexity index is 3750. The third-order valence-corrected chi connectivity index (χ3v) is 40.2. The van der Waals surface area contributed by atoms with E-state index in [-0.39, 0.29) is 63.5 Å². The largest absolute Gasteiger partial charge is 0.393 e. The normalized spacial score (nSPS) is 45.9. The first-order valence-electron chi connectivity index (χ1n) is 51.2. The SMILES string of the molecule is C/C1=C\CCC(C)(C)/C=C/[C@H](C(C)C)CC1.C=C1CCCC2(C)CCC(C(C)(C)C)CC12.C=C1CCC[C@]2(C)CC[C@@H](C(C)(C)C)CC12.C=C1[C@H](C=O)CC[C@]2(C)CC[C@](O)(C(C)(C)C)[C@H]3O[C@]132.C=C1[C@H](O)CC[C@]2(C)CC[C@](O)(C(C)(C)C)[C@H]3O[C@]132.CC(C)(C)[C@@]1(O)CC[C@@]2(C)CCC(O)C(CC=O)C2[C@@H]1O.CC1CCC2C1C1C(CCC2(C)C)C1(C)C. The number of hydrogen-bond acceptors (Lipinski definition) is 10. The number of fused-ring (bicyclic) bond motifs is 6. The second-order valence-electron chi connectivity index (χ2n) is 54.5. The zero-order chi connectivity index (χ0) is 93.1. The van der Waals surface area contributed by atoms with Crippen LogP contribution in [0, 0.1) is 153 Å². The van der Waals surface area contributed by atoms with Crippen LogP contribution in [0.5, 0.6) is 0 Å². The lowest BCUT2D eigenvalue weighted by atomic mass is 9.48. The molecule has 10 heteroatoms. The topological polar surface area (TPSA) is 181 Å². The van der Waals surface area contributed by atoms with E-state index in [1.54, 1.807) is 16.7 Å². The van der Waals surface area contributed by atoms with Crippen molar-refractivity contribution in [2.75, 3.05) is 0 Å². The first-order valence-corrected chi connectivity index (χ1v) is 51.2. The van der Waals surface area contributed by atoms with Gasteiger partial charge in [0.2, 0.25) is 0 Å². The van der Waals surface area contributed by atoms with E-state index in [2.05, 4.69) is 231 Å². The molecular weight excluding hydrogens is 1530 g/mol. The highest BCUT2D eigenvalue weighted by molar-refractivity contribution is 5.63. The summed E-state index contributed by atoms with van der Waals surface area (Å²) in [6.07, 6.45) is 44.8. The van der Waals surface area contributed by atoms with Gasteiger partial charge in [0.15, 0.2) is 0 Å². The number of carbonyl (C=O) groups is 2. The van der Waals surface area contributed by atoms with Crippen LogP contribution in [0.4, 0.5) is 0 Å². The molecule has 16 aliphatic rings. The molecule has 2 saturated heterocycles. The Morgan fingerprint density at radius 1 is 0.500 bits per heavy atom. The average Bonchev–Trinajstić information content (AvgIpc) is 1.49. The fourth-order valence-corrected chi connectivity index (χ4v) is 29.6. The van der Waals surface area contributed by atoms with Gasteiger partial charge in [0, 0.05) is 23.2 Å². The molecule has 0 aromatic carbocycles. The van der Waals surface area contributed by atoms with Gasteiger partial charge in [-0.15, -0.1) is 0 Å². The zero-order valence-electron chi connectivity index (χ0n) is 85.8. The van der Waals surface area contributed by atoms with E-state index >= 15 is 0 Å². The average molecular weight is 1720 g/mol. The number of epoxide rings is 2. The summed E-state index contributed by atoms with van der Waals surface area (Å²) in [6, 6.07) is 0. The number of hydrogen-bond donors (Lipinski definition) is 6. The fourth-order valence-electron chi connectivity index (χ4n) is 29.6. The molecule has 124 heavy (non-hydrogen) atoms. The van der Waals surface area contributed by atoms with E-state index < -0.39 is 51.7 Å². The lowest BCUT2D eigenvalue weighted by molar-refractivity contribution is -0.237. The number of aliphatic hydroxyl groups excluding tert-OH is 3. The van der Waals surface area contributed by atoms with E-state index in [0.717, 1.165) is 153 Å². The molecule has 0 aromatic rings. The van der Waals surface area contributed by atoms with Crippen molar-refractivity contribution < 1.29 is 49.7 Å². The summed E-state index contributed by atoms with van der Waals surface area (Å²) in [5, 5.41) is 64.8. The quantitative estimate of drug-likeness (QED) is 0.0901. The molecule has 14 aliphatic carbocycles. The Morgan fingerprint density at radius 2 is 0.976 bits per heavy atom. The van der Waals surface area contributed by atoms with Crippen LogP contribution in [0.3, 0.4) is 0 Å². The van der Waals surface area contributed by atoms with Gasteiger partial charge in [0.1, 0.15) is 36.0 Å². The van der Waals surface area contributed by atoms with E-state index in [9.17, 15) is 40.2 Å². The van der Waals surface area contributed by atoms with Crippen molar-refractivity contribution in [2.45, 2.75) is 478 Å². The van der Waals surface area contributed by atoms with E-state index in [0.29, 0.717) is 50.7 Å². The van der Waals surface area contributed by atoms with Gasteiger partial charge >= 0.3 is 0 Å². The maximum absolute atomic E-state index is 11.3. The lowest BCUT2D eigenvalue weighted by Gasteiger charge is -2.60. The molecule has 6 N–H and O–H groups in total. The maximum Gasteiger partial charge on any atom is 0.127 e. The van der Waals surface area contributed by atoms with Crippen LogP contribution in [0.25, 0.3) is 0 Å². The summed E-state index contributed by atoms with van der Waals surface area (Å²) in [7, 11) is 0. The first-order chi connectivity index (χ1) is 56.7. The monoisotopic (exact) mass is 1720 g/mol. The Hall–Kier alpha value is -2.54. The second-order valence-corrected chi connectivity index (χ2v) is 54.5. The Labute approximate surface area is 761 Å². The second kappa shape index (κ2) is 36.4. The standard InChI is InChI=1S/C17H30O4.C17H26O3.C16H26O3.4C16H28/c1-15(2,3)17(21)9-8-16(4)7-5-12(19)11(6-10-18)13(16)14(17)20;1-11-12(10-18)6-7-15(5)8-9-16(19,14(2,3)4)13-17(11,15)20-13;1-10-11(17)6-7-14(5)8-9-15(18,13(2,3)4)12-16(10,14)19-12;1-10-6-7-11-13(10)14-12(16(14,4)5)8-9-15(11,2)3;2*1-12-7-6-9-16(5)10-8-13(11-14(12)16)15(2,3)4;1-13(2)15-9-8-14(3)7-6-11-16(4,5)12-10-15/h10-14,19-21H,5-9H2,1-4H3;10,12-13,19H,1,6-9H2,2-5H3;11-12,17-18H,1,6-9H2,2-5H3;10-14H,6-9H2,1-5H3;2*13-14H,1,6-11H2,2-5H3;7,10,12-13,15H,6,8-9,11H2,1-5H3/b;;;;;;12-10+,14-7+/t11?,12?,13?,14-,16+,17+;12-,13+,15+,16+,17+;11-,12-,14-,15-,16-;;13-,14?,16-;;15-/m001.1.1/s1. The van der Waals surface area contributed by atoms with Crippen LogP contribution < -0.4 is 0 Å². The summed E-state index contributed by atoms with van der Waals surface area (Å²) in [4.78, 5) is 22.3. The van der Waals surface area contributed by atoms with E-state index in [1.165, 1.54) is 128 Å². The predicted molar refractivity (Wildman–Crippen MR) is 517 cm³/mol. The third kappa shape index (κ3) is 19.7. The number of rotatable bonds is 4. The van der Waals surface area contributed by atoms with Crippen LogP contribution in [0.1, 0.15) is 420 Å². The number of aliphatic hydroxyl groups is 6. The Balaban J connectivity index is 0.000000152. The minimum absolute atomic E-state index is 0.0193. The minimum atomic E-state index is -1.17. The van der Waals surface area contributed by atoms with Gasteiger partial charge in [0.25, 0.3) is 0 Å². The molecule has 0 radical (unpaired) electrons. The molecule has 2 aliphatic heterocycles. The lowest BCUT2D eigenvalue weighted by Crippen LogP contribution is -2.65. The van der Waals surface area contributed by atoms with Crippen molar-refractivity contribution in [2.24, 2.45) is 153 Å². The zero-order valence-corrected chi connectivity index (χ0v) is 85.8. The van der Waals surface area contributed by atoms with Crippen LogP contribution in [-0.2, 0) is 19.1 Å². The molecule has 2 spiro atoms. The van der Waals surface area contributed by atoms with Crippen LogP contribution in [0.15, 0.2) is 72.4 Å². The summed E-state index contributed by atoms with van der Waals surface area (Å²) in [5.74, 6) is 9.55. The smallest absolute Gasteiger partial charge is 0.127 e. The number of carbonyl (C=O) groups excluding carboxylic acids is 2. The molecule has 0 aromatic heterocycles. The van der Waals surface area contributed by atoms with Gasteiger partial charge < -0.3 is 49.7 Å². The summed E-state index contributed by atoms with van der Waals surface area (Å²) < 4.78 is 12.2. The molecule has 12 unspecified atom stereocenters. The molecule has 0 bridgehead atoms. The summed E-state index contributed by atoms with van der Waals surface area (Å²) in [5.41, 5.74) is 5.42. The first kappa shape index (κ1) is 104. The summed E-state index contributed by atoms with van der Waals surface area (Å²) >= 11 is 0. The highest BCUT2D eigenvalue weighted by atomic mass is 16.6. The van der Waals surface area contributed by atoms with Crippen LogP contribution >= 0.6 is 0 Å². The van der Waals surface area contributed by atoms with E-state index in [1.807, 2.05) is 20.8 Å². The molecule has 710 valence electrons. The van der Waals surface area contributed by atoms with Crippen molar-refractivity contribution in [1.82, 2.24) is 0 Å². The van der Waals surface area contributed by atoms with Crippen LogP contribution in [0.2, 0.25) is 0 Å². The molecule has 16 rings (SSSR count). The molecule has 0 amide bonds. The van der Waals surface area contributed by atoms with Crippen LogP contribution in [-0.4, -0.2) is 102 Å². The van der Waals surface area contributed by atoms with Gasteiger partial charge in [-0.1, -0.05) is 268 Å². The predicted octanol–water partition coefficient (Wildman–Crippen LogP) is 27.7. The Morgan fingerprint density at radius 3 is 1.44 bits per heavy atom. The number of allylic oxidation sites excluding steroid dienone is 6. The number of aldehydes is 2. The highest BCUT2D eigenvalue weighted by Gasteiger charge is 2.81. The summed E-state index contributed by atoms with van der Waals surface area (Å²) in [6.45, 7) is 85.6. The molecule has 2 heterocycles. The molecule has 15 fully saturated rings. The van der Waals surface area contributed by atoms with Gasteiger partial charge in [-0.05, 0) is 354 Å². The van der Waals surface area contributed by atoms with Gasteiger partial charge in [0.05, 0.1) is 35.1 Å². The molecule has 13 saturated carbocycles. The number of ether oxygens (including phenoxy) is 2. The van der Waals surface area contributed by atoms with E-state index in [4.69, 9.17) is 9.47 Å². The van der Waals surface area contributed by atoms with Crippen molar-refractivity contribution in [3.63, 3.8) is 0 Å². The molecular formula is C114H194O10. The third-order valence-electron chi connectivity index (χ3n) is 40.2. The highest BCUT2D eigenvalue weighted by Crippen LogP contribution is 2.75.